The van der Waals surface area contributed by atoms with Crippen molar-refractivity contribution in [2.45, 2.75) is 38.3 Å². The molecule has 32 heavy (non-hydrogen) atoms. The van der Waals surface area contributed by atoms with Crippen molar-refractivity contribution in [2.24, 2.45) is 5.92 Å². The van der Waals surface area contributed by atoms with Crippen LogP contribution in [-0.2, 0) is 6.54 Å². The number of urea groups is 1. The lowest BCUT2D eigenvalue weighted by atomic mass is 9.98. The van der Waals surface area contributed by atoms with Gasteiger partial charge in [-0.3, -0.25) is 0 Å². The fourth-order valence-electron chi connectivity index (χ4n) is 4.25. The van der Waals surface area contributed by atoms with Gasteiger partial charge in [-0.25, -0.2) is 24.4 Å². The molecule has 0 bridgehead atoms. The first-order valence-electron chi connectivity index (χ1n) is 11.3. The number of carbonyl (C=O) groups excluding carboxylic acids is 1. The van der Waals surface area contributed by atoms with Crippen molar-refractivity contribution in [3.05, 3.63) is 60.9 Å². The largest absolute Gasteiger partial charge is 0.340 e. The highest BCUT2D eigenvalue weighted by Crippen LogP contribution is 2.29. The summed E-state index contributed by atoms with van der Waals surface area (Å²) in [6.07, 6.45) is 11.1. The van der Waals surface area contributed by atoms with Crippen molar-refractivity contribution >= 4 is 12.0 Å². The minimum absolute atomic E-state index is 0.0286. The van der Waals surface area contributed by atoms with E-state index in [1.54, 1.807) is 23.4 Å². The van der Waals surface area contributed by atoms with Crippen LogP contribution in [0.25, 0.3) is 5.69 Å². The molecule has 3 heterocycles. The maximum atomic E-state index is 13.0. The lowest BCUT2D eigenvalue weighted by Gasteiger charge is -2.33. The summed E-state index contributed by atoms with van der Waals surface area (Å²) in [4.78, 5) is 30.0. The number of hydrogen-bond donors (Lipinski definition) is 1. The Bertz CT molecular complexity index is 1000. The number of hydrogen-bond acceptors (Lipinski definition) is 6. The van der Waals surface area contributed by atoms with Gasteiger partial charge in [-0.05, 0) is 55.4 Å². The maximum absolute atomic E-state index is 13.0. The van der Waals surface area contributed by atoms with Gasteiger partial charge in [0.15, 0.2) is 0 Å². The molecule has 0 radical (unpaired) electrons. The Morgan fingerprint density at radius 1 is 1.12 bits per heavy atom. The summed E-state index contributed by atoms with van der Waals surface area (Å²) in [5, 5.41) is 7.35. The fraction of sp³-hybridized carbons (Fsp3) is 0.435. The third-order valence-electron chi connectivity index (χ3n) is 6.12. The molecule has 1 aromatic carbocycles. The number of benzene rings is 1. The molecule has 1 saturated carbocycles. The Morgan fingerprint density at radius 2 is 1.94 bits per heavy atom. The van der Waals surface area contributed by atoms with E-state index < -0.39 is 0 Å². The van der Waals surface area contributed by atoms with Gasteiger partial charge in [0.1, 0.15) is 12.7 Å². The third kappa shape index (κ3) is 4.87. The molecule has 9 heteroatoms. The first-order valence-corrected chi connectivity index (χ1v) is 11.3. The number of carbonyl (C=O) groups is 1. The van der Waals surface area contributed by atoms with Gasteiger partial charge in [0.25, 0.3) is 0 Å². The smallest absolute Gasteiger partial charge is 0.317 e. The molecule has 1 atom stereocenters. The molecule has 1 saturated heterocycles. The molecule has 3 aromatic rings. The van der Waals surface area contributed by atoms with E-state index in [0.29, 0.717) is 25.0 Å². The molecule has 166 valence electrons. The van der Waals surface area contributed by atoms with Crippen LogP contribution >= 0.6 is 0 Å². The van der Waals surface area contributed by atoms with E-state index >= 15 is 0 Å². The van der Waals surface area contributed by atoms with E-state index in [2.05, 4.69) is 42.4 Å². The highest BCUT2D eigenvalue weighted by atomic mass is 16.2. The molecule has 2 amide bonds. The number of anilines is 1. The Hall–Kier alpha value is -3.49. The summed E-state index contributed by atoms with van der Waals surface area (Å²) >= 11 is 0. The van der Waals surface area contributed by atoms with Crippen molar-refractivity contribution < 1.29 is 4.79 Å². The van der Waals surface area contributed by atoms with Crippen LogP contribution in [0, 0.1) is 5.92 Å². The van der Waals surface area contributed by atoms with Gasteiger partial charge in [0, 0.05) is 44.6 Å². The highest BCUT2D eigenvalue weighted by molar-refractivity contribution is 5.75. The predicted molar refractivity (Wildman–Crippen MR) is 120 cm³/mol. The summed E-state index contributed by atoms with van der Waals surface area (Å²) < 4.78 is 1.73. The van der Waals surface area contributed by atoms with Gasteiger partial charge in [0.2, 0.25) is 5.95 Å². The molecule has 1 unspecified atom stereocenters. The molecule has 0 spiro atoms. The predicted octanol–water partition coefficient (Wildman–Crippen LogP) is 2.65. The Balaban J connectivity index is 1.16. The van der Waals surface area contributed by atoms with Gasteiger partial charge in [-0.15, -0.1) is 0 Å². The minimum atomic E-state index is 0.0286. The zero-order valence-corrected chi connectivity index (χ0v) is 18.0. The lowest BCUT2D eigenvalue weighted by Crippen LogP contribution is -2.46. The lowest BCUT2D eigenvalue weighted by molar-refractivity contribution is 0.189. The Kier molecular flexibility index (Phi) is 5.96. The summed E-state index contributed by atoms with van der Waals surface area (Å²) in [7, 11) is 0. The van der Waals surface area contributed by atoms with E-state index in [9.17, 15) is 4.79 Å². The summed E-state index contributed by atoms with van der Waals surface area (Å²) in [5.41, 5.74) is 2.07. The van der Waals surface area contributed by atoms with Gasteiger partial charge < -0.3 is 15.1 Å². The van der Waals surface area contributed by atoms with E-state index in [4.69, 9.17) is 0 Å². The average molecular weight is 433 g/mol. The van der Waals surface area contributed by atoms with Crippen LogP contribution in [0.1, 0.15) is 31.2 Å². The standard InChI is InChI=1S/C23H28N8O/c32-23(27-13-19-3-1-12-29(14-19)22-25-10-2-11-26-22)30(20-8-9-20)15-18-4-6-21(7-5-18)31-17-24-16-28-31/h2,4-7,10-11,16-17,19-20H,1,3,8-9,12-15H2,(H,27,32). The van der Waals surface area contributed by atoms with Gasteiger partial charge in [-0.2, -0.15) is 5.10 Å². The van der Waals surface area contributed by atoms with Crippen LogP contribution in [0.4, 0.5) is 10.7 Å². The quantitative estimate of drug-likeness (QED) is 0.617. The van der Waals surface area contributed by atoms with Crippen molar-refractivity contribution in [3.8, 4) is 5.69 Å². The Morgan fingerprint density at radius 3 is 2.66 bits per heavy atom. The number of nitrogens with one attached hydrogen (secondary N) is 1. The van der Waals surface area contributed by atoms with E-state index in [1.165, 1.54) is 6.33 Å². The zero-order valence-electron chi connectivity index (χ0n) is 18.0. The molecule has 2 aromatic heterocycles. The topological polar surface area (TPSA) is 92.1 Å². The first-order chi connectivity index (χ1) is 15.8. The van der Waals surface area contributed by atoms with E-state index in [-0.39, 0.29) is 6.03 Å². The zero-order chi connectivity index (χ0) is 21.8. The molecule has 2 fully saturated rings. The summed E-state index contributed by atoms with van der Waals surface area (Å²) in [6.45, 7) is 3.13. The molecule has 1 N–H and O–H groups in total. The Labute approximate surface area is 187 Å². The first kappa shape index (κ1) is 20.4. The van der Waals surface area contributed by atoms with Crippen molar-refractivity contribution in [2.75, 3.05) is 24.5 Å². The SMILES string of the molecule is O=C(NCC1CCCN(c2ncccn2)C1)N(Cc1ccc(-n2cncn2)cc1)C1CC1. The molecule has 5 rings (SSSR count). The molecular weight excluding hydrogens is 404 g/mol. The summed E-state index contributed by atoms with van der Waals surface area (Å²) in [5.74, 6) is 1.18. The van der Waals surface area contributed by atoms with Gasteiger partial charge >= 0.3 is 6.03 Å². The molecule has 9 nitrogen and oxygen atoms in total. The van der Waals surface area contributed by atoms with Crippen LogP contribution < -0.4 is 10.2 Å². The summed E-state index contributed by atoms with van der Waals surface area (Å²) in [6, 6.07) is 10.3. The van der Waals surface area contributed by atoms with E-state index in [0.717, 1.165) is 56.0 Å². The third-order valence-corrected chi connectivity index (χ3v) is 6.12. The number of nitrogens with zero attached hydrogens (tertiary/aromatic N) is 7. The molecule has 1 aliphatic carbocycles. The number of piperidine rings is 1. The maximum Gasteiger partial charge on any atom is 0.317 e. The van der Waals surface area contributed by atoms with E-state index in [1.807, 2.05) is 23.1 Å². The minimum Gasteiger partial charge on any atom is -0.340 e. The number of amides is 2. The normalized spacial score (nSPS) is 18.4. The van der Waals surface area contributed by atoms with Gasteiger partial charge in [0.05, 0.1) is 5.69 Å². The fourth-order valence-corrected chi connectivity index (χ4v) is 4.25. The molecular formula is C23H28N8O. The average Bonchev–Trinajstić information content (AvgIpc) is 3.54. The second kappa shape index (κ2) is 9.33. The van der Waals surface area contributed by atoms with Crippen LogP contribution in [-0.4, -0.2) is 61.3 Å². The van der Waals surface area contributed by atoms with Crippen LogP contribution in [0.3, 0.4) is 0 Å². The van der Waals surface area contributed by atoms with Gasteiger partial charge in [-0.1, -0.05) is 12.1 Å². The van der Waals surface area contributed by atoms with Crippen molar-refractivity contribution in [1.29, 1.82) is 0 Å². The second-order valence-electron chi connectivity index (χ2n) is 8.55. The number of aromatic nitrogens is 5. The van der Waals surface area contributed by atoms with Crippen molar-refractivity contribution in [1.82, 2.24) is 34.9 Å². The highest BCUT2D eigenvalue weighted by Gasteiger charge is 2.33. The second-order valence-corrected chi connectivity index (χ2v) is 8.55. The number of rotatable bonds is 7. The van der Waals surface area contributed by atoms with Crippen LogP contribution in [0.2, 0.25) is 0 Å². The van der Waals surface area contributed by atoms with Crippen LogP contribution in [0.5, 0.6) is 0 Å². The van der Waals surface area contributed by atoms with Crippen molar-refractivity contribution in [3.63, 3.8) is 0 Å². The molecule has 1 aliphatic heterocycles. The van der Waals surface area contributed by atoms with Crippen LogP contribution in [0.15, 0.2) is 55.4 Å². The molecule has 2 aliphatic rings. The monoisotopic (exact) mass is 432 g/mol.